The number of hydrogen-bond acceptors (Lipinski definition) is 3. The molecule has 1 unspecified atom stereocenters. The molecule has 0 bridgehead atoms. The number of carbonyl (C=O) groups is 1. The van der Waals surface area contributed by atoms with E-state index < -0.39 is 0 Å². The van der Waals surface area contributed by atoms with Crippen molar-refractivity contribution < 1.29 is 14.3 Å². The zero-order chi connectivity index (χ0) is 14.8. The topological polar surface area (TPSA) is 59.6 Å². The summed E-state index contributed by atoms with van der Waals surface area (Å²) in [4.78, 5) is 11.6. The maximum absolute atomic E-state index is 11.6. The summed E-state index contributed by atoms with van der Waals surface area (Å²) in [6.45, 7) is 3.34. The summed E-state index contributed by atoms with van der Waals surface area (Å²) >= 11 is 0. The third-order valence-corrected chi connectivity index (χ3v) is 3.37. The molecule has 0 radical (unpaired) electrons. The molecule has 1 aromatic carbocycles. The van der Waals surface area contributed by atoms with Crippen LogP contribution in [0.4, 0.5) is 4.79 Å². The van der Waals surface area contributed by atoms with E-state index in [2.05, 4.69) is 10.6 Å². The number of benzene rings is 1. The van der Waals surface area contributed by atoms with Gasteiger partial charge in [0.1, 0.15) is 0 Å². The Bertz CT molecular complexity index is 405. The molecule has 2 rings (SSSR count). The quantitative estimate of drug-likeness (QED) is 0.721. The van der Waals surface area contributed by atoms with Gasteiger partial charge < -0.3 is 20.1 Å². The molecule has 0 saturated carbocycles. The minimum Gasteiger partial charge on any atom is -0.379 e. The van der Waals surface area contributed by atoms with E-state index in [1.165, 1.54) is 0 Å². The highest BCUT2D eigenvalue weighted by molar-refractivity contribution is 5.73. The maximum atomic E-state index is 11.6. The third kappa shape index (κ3) is 6.60. The molecule has 2 amide bonds. The molecule has 116 valence electrons. The highest BCUT2D eigenvalue weighted by atomic mass is 16.5. The lowest BCUT2D eigenvalue weighted by Gasteiger charge is -2.10. The van der Waals surface area contributed by atoms with Crippen LogP contribution in [0.25, 0.3) is 0 Å². The number of ether oxygens (including phenoxy) is 2. The fraction of sp³-hybridized carbons (Fsp3) is 0.562. The molecular weight excluding hydrogens is 268 g/mol. The van der Waals surface area contributed by atoms with Crippen molar-refractivity contribution in [2.45, 2.75) is 31.9 Å². The van der Waals surface area contributed by atoms with Crippen LogP contribution >= 0.6 is 0 Å². The van der Waals surface area contributed by atoms with Gasteiger partial charge in [0.2, 0.25) is 0 Å². The van der Waals surface area contributed by atoms with Crippen LogP contribution in [0.1, 0.15) is 24.8 Å². The van der Waals surface area contributed by atoms with Crippen molar-refractivity contribution in [3.63, 3.8) is 0 Å². The van der Waals surface area contributed by atoms with Crippen LogP contribution in [0.2, 0.25) is 0 Å². The number of nitrogens with one attached hydrogen (secondary N) is 2. The van der Waals surface area contributed by atoms with E-state index in [9.17, 15) is 4.79 Å². The summed E-state index contributed by atoms with van der Waals surface area (Å²) in [5.74, 6) is 0. The number of rotatable bonds is 8. The molecule has 2 N–H and O–H groups in total. The standard InChI is InChI=1S/C16H24N2O3/c19-16(18-12-14-6-2-1-3-7-14)17-9-5-10-20-13-15-8-4-11-21-15/h1-3,6-7,15H,4-5,8-13H2,(H2,17,18,19). The number of amides is 2. The van der Waals surface area contributed by atoms with Gasteiger partial charge in [0.15, 0.2) is 0 Å². The number of carbonyl (C=O) groups excluding carboxylic acids is 1. The molecular formula is C16H24N2O3. The Morgan fingerprint density at radius 1 is 1.29 bits per heavy atom. The van der Waals surface area contributed by atoms with E-state index in [0.717, 1.165) is 31.4 Å². The van der Waals surface area contributed by atoms with Crippen LogP contribution in [0, 0.1) is 0 Å². The van der Waals surface area contributed by atoms with Gasteiger partial charge in [0.25, 0.3) is 0 Å². The average Bonchev–Trinajstić information content (AvgIpc) is 3.03. The van der Waals surface area contributed by atoms with Gasteiger partial charge in [-0.3, -0.25) is 0 Å². The molecule has 0 aliphatic carbocycles. The van der Waals surface area contributed by atoms with Crippen LogP contribution in [-0.4, -0.2) is 38.5 Å². The summed E-state index contributed by atoms with van der Waals surface area (Å²) in [7, 11) is 0. The molecule has 1 saturated heterocycles. The molecule has 0 spiro atoms. The van der Waals surface area contributed by atoms with E-state index in [-0.39, 0.29) is 12.1 Å². The van der Waals surface area contributed by atoms with Crippen molar-refractivity contribution in [1.29, 1.82) is 0 Å². The van der Waals surface area contributed by atoms with Crippen LogP contribution in [0.15, 0.2) is 30.3 Å². The minimum absolute atomic E-state index is 0.141. The van der Waals surface area contributed by atoms with Gasteiger partial charge in [-0.05, 0) is 24.8 Å². The van der Waals surface area contributed by atoms with E-state index in [4.69, 9.17) is 9.47 Å². The Balaban J connectivity index is 1.44. The smallest absolute Gasteiger partial charge is 0.315 e. The van der Waals surface area contributed by atoms with Gasteiger partial charge in [0, 0.05) is 26.3 Å². The first-order chi connectivity index (χ1) is 10.3. The first-order valence-electron chi connectivity index (χ1n) is 7.59. The van der Waals surface area contributed by atoms with E-state index in [1.54, 1.807) is 0 Å². The van der Waals surface area contributed by atoms with Crippen molar-refractivity contribution in [3.8, 4) is 0 Å². The monoisotopic (exact) mass is 292 g/mol. The molecule has 1 atom stereocenters. The molecule has 1 fully saturated rings. The fourth-order valence-corrected chi connectivity index (χ4v) is 2.21. The second kappa shape index (κ2) is 9.37. The highest BCUT2D eigenvalue weighted by Crippen LogP contribution is 2.11. The Labute approximate surface area is 126 Å². The summed E-state index contributed by atoms with van der Waals surface area (Å²) in [5, 5.41) is 5.64. The Kier molecular flexibility index (Phi) is 7.04. The predicted molar refractivity (Wildman–Crippen MR) is 81.1 cm³/mol. The number of hydrogen-bond donors (Lipinski definition) is 2. The summed E-state index contributed by atoms with van der Waals surface area (Å²) in [6, 6.07) is 9.71. The van der Waals surface area contributed by atoms with Crippen molar-refractivity contribution in [2.24, 2.45) is 0 Å². The molecule has 5 nitrogen and oxygen atoms in total. The van der Waals surface area contributed by atoms with Gasteiger partial charge >= 0.3 is 6.03 Å². The van der Waals surface area contributed by atoms with Crippen molar-refractivity contribution in [1.82, 2.24) is 10.6 Å². The van der Waals surface area contributed by atoms with Gasteiger partial charge in [0.05, 0.1) is 12.7 Å². The highest BCUT2D eigenvalue weighted by Gasteiger charge is 2.14. The third-order valence-electron chi connectivity index (χ3n) is 3.37. The summed E-state index contributed by atoms with van der Waals surface area (Å²) in [6.07, 6.45) is 3.31. The lowest BCUT2D eigenvalue weighted by atomic mass is 10.2. The Morgan fingerprint density at radius 2 is 2.14 bits per heavy atom. The first kappa shape index (κ1) is 15.8. The fourth-order valence-electron chi connectivity index (χ4n) is 2.21. The first-order valence-corrected chi connectivity index (χ1v) is 7.59. The largest absolute Gasteiger partial charge is 0.379 e. The van der Waals surface area contributed by atoms with Crippen molar-refractivity contribution >= 4 is 6.03 Å². The molecule has 1 heterocycles. The van der Waals surface area contributed by atoms with E-state index in [0.29, 0.717) is 26.3 Å². The minimum atomic E-state index is -0.141. The van der Waals surface area contributed by atoms with Gasteiger partial charge in [-0.1, -0.05) is 30.3 Å². The second-order valence-corrected chi connectivity index (χ2v) is 5.16. The van der Waals surface area contributed by atoms with Crippen LogP contribution in [-0.2, 0) is 16.0 Å². The molecule has 1 aromatic rings. The van der Waals surface area contributed by atoms with E-state index in [1.807, 2.05) is 30.3 Å². The lowest BCUT2D eigenvalue weighted by molar-refractivity contribution is 0.0168. The van der Waals surface area contributed by atoms with Crippen molar-refractivity contribution in [2.75, 3.05) is 26.4 Å². The van der Waals surface area contributed by atoms with Crippen molar-refractivity contribution in [3.05, 3.63) is 35.9 Å². The Hall–Kier alpha value is -1.59. The van der Waals surface area contributed by atoms with E-state index >= 15 is 0 Å². The molecule has 1 aliphatic rings. The Morgan fingerprint density at radius 3 is 2.90 bits per heavy atom. The normalized spacial score (nSPS) is 17.6. The second-order valence-electron chi connectivity index (χ2n) is 5.16. The molecule has 5 heteroatoms. The molecule has 0 aromatic heterocycles. The predicted octanol–water partition coefficient (Wildman–Crippen LogP) is 2.07. The average molecular weight is 292 g/mol. The zero-order valence-electron chi connectivity index (χ0n) is 12.3. The lowest BCUT2D eigenvalue weighted by Crippen LogP contribution is -2.35. The number of urea groups is 1. The summed E-state index contributed by atoms with van der Waals surface area (Å²) < 4.78 is 11.0. The van der Waals surface area contributed by atoms with Gasteiger partial charge in [-0.25, -0.2) is 4.79 Å². The molecule has 21 heavy (non-hydrogen) atoms. The van der Waals surface area contributed by atoms with Crippen LogP contribution in [0.3, 0.4) is 0 Å². The van der Waals surface area contributed by atoms with Crippen LogP contribution in [0.5, 0.6) is 0 Å². The SMILES string of the molecule is O=C(NCCCOCC1CCCO1)NCc1ccccc1. The molecule has 1 aliphatic heterocycles. The maximum Gasteiger partial charge on any atom is 0.315 e. The summed E-state index contributed by atoms with van der Waals surface area (Å²) in [5.41, 5.74) is 1.09. The zero-order valence-corrected chi connectivity index (χ0v) is 12.3. The van der Waals surface area contributed by atoms with Gasteiger partial charge in [-0.15, -0.1) is 0 Å². The van der Waals surface area contributed by atoms with Crippen LogP contribution < -0.4 is 10.6 Å². The van der Waals surface area contributed by atoms with Gasteiger partial charge in [-0.2, -0.15) is 0 Å².